The number of ether oxygens (including phenoxy) is 1. The van der Waals surface area contributed by atoms with E-state index in [1.165, 1.54) is 6.07 Å². The number of rotatable bonds is 8. The molecule has 0 amide bonds. The highest BCUT2D eigenvalue weighted by Crippen LogP contribution is 2.23. The number of hydrogen-bond acceptors (Lipinski definition) is 3. The number of aliphatic hydroxyl groups excluding tert-OH is 1. The first kappa shape index (κ1) is 15.9. The number of para-hydroxylation sites is 1. The Labute approximate surface area is 114 Å². The van der Waals surface area contributed by atoms with E-state index in [1.54, 1.807) is 13.0 Å². The molecular formula is C15H24FNO2. The van der Waals surface area contributed by atoms with Crippen LogP contribution in [0.1, 0.15) is 32.8 Å². The van der Waals surface area contributed by atoms with E-state index < -0.39 is 6.10 Å². The summed E-state index contributed by atoms with van der Waals surface area (Å²) in [6, 6.07) is 4.93. The normalized spacial score (nSPS) is 12.7. The number of benzene rings is 1. The molecule has 1 atom stereocenters. The predicted octanol–water partition coefficient (Wildman–Crippen LogP) is 2.72. The fraction of sp³-hybridized carbons (Fsp3) is 0.600. The van der Waals surface area contributed by atoms with Gasteiger partial charge in [0, 0.05) is 18.5 Å². The highest BCUT2D eigenvalue weighted by molar-refractivity contribution is 5.34. The highest BCUT2D eigenvalue weighted by atomic mass is 19.1. The second-order valence-corrected chi connectivity index (χ2v) is 5.24. The SMILES string of the molecule is CC(C)CNCc1cccc(F)c1OCCC(C)O. The molecule has 1 unspecified atom stereocenters. The van der Waals surface area contributed by atoms with Gasteiger partial charge in [0.05, 0.1) is 12.7 Å². The van der Waals surface area contributed by atoms with Gasteiger partial charge in [-0.3, -0.25) is 0 Å². The molecule has 0 aliphatic rings. The topological polar surface area (TPSA) is 41.5 Å². The molecule has 0 aliphatic carbocycles. The summed E-state index contributed by atoms with van der Waals surface area (Å²) in [7, 11) is 0. The van der Waals surface area contributed by atoms with Crippen molar-refractivity contribution in [2.45, 2.75) is 39.8 Å². The van der Waals surface area contributed by atoms with Crippen LogP contribution < -0.4 is 10.1 Å². The monoisotopic (exact) mass is 269 g/mol. The molecule has 0 aliphatic heterocycles. The Morgan fingerprint density at radius 3 is 2.68 bits per heavy atom. The van der Waals surface area contributed by atoms with Gasteiger partial charge in [-0.1, -0.05) is 26.0 Å². The summed E-state index contributed by atoms with van der Waals surface area (Å²) >= 11 is 0. The maximum atomic E-state index is 13.7. The van der Waals surface area contributed by atoms with Crippen molar-refractivity contribution >= 4 is 0 Å². The van der Waals surface area contributed by atoms with Crippen molar-refractivity contribution in [3.8, 4) is 5.75 Å². The molecule has 1 aromatic carbocycles. The number of aliphatic hydroxyl groups is 1. The molecule has 1 aromatic rings. The van der Waals surface area contributed by atoms with Crippen molar-refractivity contribution in [2.75, 3.05) is 13.2 Å². The zero-order chi connectivity index (χ0) is 14.3. The second kappa shape index (κ2) is 8.12. The Hall–Kier alpha value is -1.13. The van der Waals surface area contributed by atoms with E-state index in [0.29, 0.717) is 31.2 Å². The second-order valence-electron chi connectivity index (χ2n) is 5.24. The van der Waals surface area contributed by atoms with Crippen molar-refractivity contribution in [3.05, 3.63) is 29.6 Å². The van der Waals surface area contributed by atoms with Crippen LogP contribution in [0, 0.1) is 11.7 Å². The zero-order valence-corrected chi connectivity index (χ0v) is 11.9. The average Bonchev–Trinajstić information content (AvgIpc) is 2.31. The van der Waals surface area contributed by atoms with E-state index in [4.69, 9.17) is 4.74 Å². The Kier molecular flexibility index (Phi) is 6.81. The summed E-state index contributed by atoms with van der Waals surface area (Å²) < 4.78 is 19.2. The van der Waals surface area contributed by atoms with E-state index >= 15 is 0 Å². The third kappa shape index (κ3) is 6.03. The van der Waals surface area contributed by atoms with Gasteiger partial charge >= 0.3 is 0 Å². The molecule has 2 N–H and O–H groups in total. The van der Waals surface area contributed by atoms with Crippen molar-refractivity contribution in [1.82, 2.24) is 5.32 Å². The molecule has 19 heavy (non-hydrogen) atoms. The average molecular weight is 269 g/mol. The van der Waals surface area contributed by atoms with Crippen LogP contribution in [-0.2, 0) is 6.54 Å². The van der Waals surface area contributed by atoms with Crippen LogP contribution in [0.15, 0.2) is 18.2 Å². The summed E-state index contributed by atoms with van der Waals surface area (Å²) in [6.07, 6.45) is 0.0574. The quantitative estimate of drug-likeness (QED) is 0.762. The van der Waals surface area contributed by atoms with Crippen LogP contribution in [0.4, 0.5) is 4.39 Å². The third-order valence-corrected chi connectivity index (χ3v) is 2.70. The van der Waals surface area contributed by atoms with E-state index in [1.807, 2.05) is 6.07 Å². The molecule has 0 radical (unpaired) electrons. The Morgan fingerprint density at radius 1 is 1.32 bits per heavy atom. The van der Waals surface area contributed by atoms with Crippen molar-refractivity contribution < 1.29 is 14.2 Å². The lowest BCUT2D eigenvalue weighted by Gasteiger charge is -2.14. The molecular weight excluding hydrogens is 245 g/mol. The van der Waals surface area contributed by atoms with Crippen molar-refractivity contribution in [1.29, 1.82) is 0 Å². The van der Waals surface area contributed by atoms with E-state index in [-0.39, 0.29) is 5.82 Å². The molecule has 1 rings (SSSR count). The van der Waals surface area contributed by atoms with Crippen molar-refractivity contribution in [2.24, 2.45) is 5.92 Å². The van der Waals surface area contributed by atoms with Gasteiger partial charge in [-0.25, -0.2) is 4.39 Å². The Morgan fingerprint density at radius 2 is 2.05 bits per heavy atom. The van der Waals surface area contributed by atoms with Gasteiger partial charge in [0.25, 0.3) is 0 Å². The summed E-state index contributed by atoms with van der Waals surface area (Å²) in [6.45, 7) is 7.71. The maximum absolute atomic E-state index is 13.7. The lowest BCUT2D eigenvalue weighted by Crippen LogP contribution is -2.20. The van der Waals surface area contributed by atoms with Gasteiger partial charge in [0.2, 0.25) is 0 Å². The van der Waals surface area contributed by atoms with Crippen LogP contribution in [0.3, 0.4) is 0 Å². The van der Waals surface area contributed by atoms with E-state index in [0.717, 1.165) is 12.1 Å². The first-order valence-electron chi connectivity index (χ1n) is 6.79. The lowest BCUT2D eigenvalue weighted by atomic mass is 10.1. The maximum Gasteiger partial charge on any atom is 0.165 e. The van der Waals surface area contributed by atoms with Gasteiger partial charge in [0.15, 0.2) is 11.6 Å². The molecule has 0 saturated carbocycles. The number of nitrogens with one attached hydrogen (secondary N) is 1. The van der Waals surface area contributed by atoms with Gasteiger partial charge in [0.1, 0.15) is 0 Å². The number of halogens is 1. The van der Waals surface area contributed by atoms with E-state index in [2.05, 4.69) is 19.2 Å². The smallest absolute Gasteiger partial charge is 0.165 e. The highest BCUT2D eigenvalue weighted by Gasteiger charge is 2.10. The Balaban J connectivity index is 2.61. The summed E-state index contributed by atoms with van der Waals surface area (Å²) in [5.74, 6) is 0.488. The molecule has 0 heterocycles. The fourth-order valence-corrected chi connectivity index (χ4v) is 1.68. The van der Waals surface area contributed by atoms with Crippen LogP contribution in [0.25, 0.3) is 0 Å². The molecule has 0 spiro atoms. The van der Waals surface area contributed by atoms with Gasteiger partial charge in [-0.2, -0.15) is 0 Å². The Bertz CT molecular complexity index is 380. The summed E-state index contributed by atoms with van der Waals surface area (Å²) in [5.41, 5.74) is 0.811. The van der Waals surface area contributed by atoms with Gasteiger partial charge in [-0.15, -0.1) is 0 Å². The summed E-state index contributed by atoms with van der Waals surface area (Å²) in [4.78, 5) is 0. The van der Waals surface area contributed by atoms with Crippen LogP contribution in [-0.4, -0.2) is 24.4 Å². The summed E-state index contributed by atoms with van der Waals surface area (Å²) in [5, 5.41) is 12.5. The lowest BCUT2D eigenvalue weighted by molar-refractivity contribution is 0.153. The van der Waals surface area contributed by atoms with Gasteiger partial charge in [-0.05, 0) is 25.5 Å². The first-order chi connectivity index (χ1) is 9.00. The van der Waals surface area contributed by atoms with Crippen molar-refractivity contribution in [3.63, 3.8) is 0 Å². The predicted molar refractivity (Wildman–Crippen MR) is 74.7 cm³/mol. The number of hydrogen-bond donors (Lipinski definition) is 2. The third-order valence-electron chi connectivity index (χ3n) is 2.70. The fourth-order valence-electron chi connectivity index (χ4n) is 1.68. The standard InChI is InChI=1S/C15H24FNO2/c1-11(2)9-17-10-13-5-4-6-14(16)15(13)19-8-7-12(3)18/h4-6,11-12,17-18H,7-10H2,1-3H3. The molecule has 108 valence electrons. The molecule has 0 bridgehead atoms. The van der Waals surface area contributed by atoms with E-state index in [9.17, 15) is 9.50 Å². The van der Waals surface area contributed by atoms with Gasteiger partial charge < -0.3 is 15.2 Å². The van der Waals surface area contributed by atoms with Crippen LogP contribution in [0.2, 0.25) is 0 Å². The van der Waals surface area contributed by atoms with Crippen LogP contribution >= 0.6 is 0 Å². The minimum absolute atomic E-state index is 0.291. The molecule has 0 saturated heterocycles. The molecule has 0 fully saturated rings. The zero-order valence-electron chi connectivity index (χ0n) is 11.9. The molecule has 4 heteroatoms. The largest absolute Gasteiger partial charge is 0.490 e. The molecule has 3 nitrogen and oxygen atoms in total. The minimum Gasteiger partial charge on any atom is -0.490 e. The first-order valence-corrected chi connectivity index (χ1v) is 6.79. The van der Waals surface area contributed by atoms with Crippen LogP contribution in [0.5, 0.6) is 5.75 Å². The molecule has 0 aromatic heterocycles. The minimum atomic E-state index is -0.436.